The summed E-state index contributed by atoms with van der Waals surface area (Å²) in [7, 11) is 0. The molecule has 0 aromatic rings. The molecule has 1 unspecified atom stereocenters. The lowest BCUT2D eigenvalue weighted by Gasteiger charge is -2.22. The molecule has 0 fully saturated rings. The minimum absolute atomic E-state index is 0.0924. The molecule has 12 heavy (non-hydrogen) atoms. The maximum absolute atomic E-state index is 10.4. The minimum atomic E-state index is -1.05. The number of carbonyl (C=O) groups excluding carboxylic acids is 1. The fourth-order valence-electron chi connectivity index (χ4n) is 1.09. The van der Waals surface area contributed by atoms with Gasteiger partial charge in [-0.1, -0.05) is 20.8 Å². The largest absolute Gasteiger partial charge is 0.540 e. The zero-order valence-corrected chi connectivity index (χ0v) is 7.96. The summed E-state index contributed by atoms with van der Waals surface area (Å²) >= 11 is 0. The topological polar surface area (TPSA) is 55.8 Å². The maximum Gasteiger partial charge on any atom is 0.540 e. The first-order valence-electron chi connectivity index (χ1n) is 3.87. The van der Waals surface area contributed by atoms with Crippen LogP contribution >= 0.6 is 0 Å². The molecule has 72 valence electrons. The van der Waals surface area contributed by atoms with Gasteiger partial charge in [-0.15, -0.1) is 0 Å². The van der Waals surface area contributed by atoms with Gasteiger partial charge in [0, 0.05) is 0 Å². The molecule has 4 nitrogen and oxygen atoms in total. The first kappa shape index (κ1) is 11.2. The number of ether oxygens (including phenoxy) is 1. The molecule has 0 rings (SSSR count). The van der Waals surface area contributed by atoms with E-state index in [0.717, 1.165) is 6.42 Å². The second-order valence-electron chi connectivity index (χ2n) is 4.03. The van der Waals surface area contributed by atoms with Crippen molar-refractivity contribution in [2.24, 2.45) is 5.41 Å². The predicted molar refractivity (Wildman–Crippen MR) is 43.7 cm³/mol. The van der Waals surface area contributed by atoms with E-state index in [-0.39, 0.29) is 11.5 Å². The van der Waals surface area contributed by atoms with Gasteiger partial charge in [0.25, 0.3) is 0 Å². The van der Waals surface area contributed by atoms with Crippen molar-refractivity contribution in [1.82, 2.24) is 0 Å². The molecule has 1 N–H and O–H groups in total. The molecule has 0 aromatic heterocycles. The van der Waals surface area contributed by atoms with Gasteiger partial charge in [0.15, 0.2) is 0 Å². The molecule has 0 saturated carbocycles. The van der Waals surface area contributed by atoms with Crippen LogP contribution in [-0.2, 0) is 9.62 Å². The smallest absolute Gasteiger partial charge is 0.429 e. The summed E-state index contributed by atoms with van der Waals surface area (Å²) < 4.78 is 4.66. The molecule has 0 heterocycles. The lowest BCUT2D eigenvalue weighted by atomic mass is 9.90. The Kier molecular flexibility index (Phi) is 4.03. The Balaban J connectivity index is 3.74. The molecule has 4 heteroatoms. The summed E-state index contributed by atoms with van der Waals surface area (Å²) in [6, 6.07) is 0. The van der Waals surface area contributed by atoms with E-state index in [1.54, 1.807) is 6.92 Å². The SMILES string of the molecule is CC(CC(C)(C)C)OC(=O)OO. The zero-order valence-electron chi connectivity index (χ0n) is 7.96. The van der Waals surface area contributed by atoms with E-state index in [1.807, 2.05) is 20.8 Å². The van der Waals surface area contributed by atoms with Crippen molar-refractivity contribution in [2.75, 3.05) is 0 Å². The van der Waals surface area contributed by atoms with Gasteiger partial charge in [-0.2, -0.15) is 5.26 Å². The average molecular weight is 176 g/mol. The Hall–Kier alpha value is -0.770. The second kappa shape index (κ2) is 4.30. The van der Waals surface area contributed by atoms with E-state index in [2.05, 4.69) is 9.62 Å². The molecule has 0 aliphatic rings. The molecule has 0 aromatic carbocycles. The molecule has 1 atom stereocenters. The van der Waals surface area contributed by atoms with Gasteiger partial charge in [-0.25, -0.2) is 4.79 Å². The maximum atomic E-state index is 10.4. The number of rotatable bonds is 2. The van der Waals surface area contributed by atoms with Crippen LogP contribution in [0.4, 0.5) is 4.79 Å². The van der Waals surface area contributed by atoms with Gasteiger partial charge in [-0.3, -0.25) is 4.89 Å². The first-order valence-corrected chi connectivity index (χ1v) is 3.87. The molecule has 0 spiro atoms. The summed E-state index contributed by atoms with van der Waals surface area (Å²) in [5.74, 6) is 0. The van der Waals surface area contributed by atoms with Crippen LogP contribution in [-0.4, -0.2) is 17.5 Å². The summed E-state index contributed by atoms with van der Waals surface area (Å²) in [5.41, 5.74) is 0.0924. The van der Waals surface area contributed by atoms with Crippen LogP contribution in [0.3, 0.4) is 0 Å². The van der Waals surface area contributed by atoms with E-state index < -0.39 is 6.16 Å². The number of hydrogen-bond acceptors (Lipinski definition) is 4. The minimum Gasteiger partial charge on any atom is -0.429 e. The lowest BCUT2D eigenvalue weighted by Crippen LogP contribution is -2.21. The Bertz CT molecular complexity index is 148. The lowest BCUT2D eigenvalue weighted by molar-refractivity contribution is -0.205. The standard InChI is InChI=1S/C8H16O4/c1-6(5-8(2,3)4)11-7(9)12-10/h6,10H,5H2,1-4H3. The highest BCUT2D eigenvalue weighted by molar-refractivity contribution is 5.59. The molecule has 0 amide bonds. The zero-order chi connectivity index (χ0) is 9.78. The highest BCUT2D eigenvalue weighted by Gasteiger charge is 2.18. The van der Waals surface area contributed by atoms with Crippen molar-refractivity contribution < 1.29 is 19.7 Å². The highest BCUT2D eigenvalue weighted by Crippen LogP contribution is 2.22. The third-order valence-electron chi connectivity index (χ3n) is 1.27. The van der Waals surface area contributed by atoms with Crippen LogP contribution in [0.1, 0.15) is 34.1 Å². The van der Waals surface area contributed by atoms with Crippen molar-refractivity contribution in [3.63, 3.8) is 0 Å². The van der Waals surface area contributed by atoms with E-state index in [1.165, 1.54) is 0 Å². The molecule has 0 saturated heterocycles. The summed E-state index contributed by atoms with van der Waals surface area (Å²) in [6.07, 6.45) is -0.571. The van der Waals surface area contributed by atoms with Crippen molar-refractivity contribution in [3.8, 4) is 0 Å². The monoisotopic (exact) mass is 176 g/mol. The summed E-state index contributed by atoms with van der Waals surface area (Å²) in [5, 5.41) is 7.91. The first-order chi connectivity index (χ1) is 5.35. The molecule has 0 radical (unpaired) electrons. The molecule has 0 bridgehead atoms. The normalized spacial score (nSPS) is 13.8. The Morgan fingerprint density at radius 3 is 2.33 bits per heavy atom. The molecular formula is C8H16O4. The van der Waals surface area contributed by atoms with E-state index in [0.29, 0.717) is 0 Å². The van der Waals surface area contributed by atoms with Crippen LogP contribution < -0.4 is 0 Å². The van der Waals surface area contributed by atoms with Crippen molar-refractivity contribution >= 4 is 6.16 Å². The van der Waals surface area contributed by atoms with Gasteiger partial charge in [0.05, 0.1) is 0 Å². The third-order valence-corrected chi connectivity index (χ3v) is 1.27. The average Bonchev–Trinajstić information content (AvgIpc) is 1.82. The fraction of sp³-hybridized carbons (Fsp3) is 0.875. The second-order valence-corrected chi connectivity index (χ2v) is 4.03. The van der Waals surface area contributed by atoms with Crippen LogP contribution in [0.15, 0.2) is 0 Å². The Morgan fingerprint density at radius 1 is 1.50 bits per heavy atom. The van der Waals surface area contributed by atoms with E-state index in [9.17, 15) is 4.79 Å². The molecule has 0 aliphatic carbocycles. The number of hydrogen-bond donors (Lipinski definition) is 1. The fourth-order valence-corrected chi connectivity index (χ4v) is 1.09. The molecular weight excluding hydrogens is 160 g/mol. The summed E-state index contributed by atoms with van der Waals surface area (Å²) in [6.45, 7) is 7.87. The van der Waals surface area contributed by atoms with E-state index >= 15 is 0 Å². The summed E-state index contributed by atoms with van der Waals surface area (Å²) in [4.78, 5) is 13.8. The Morgan fingerprint density at radius 2 is 2.00 bits per heavy atom. The third kappa shape index (κ3) is 5.97. The predicted octanol–water partition coefficient (Wildman–Crippen LogP) is 2.44. The van der Waals surface area contributed by atoms with Crippen LogP contribution in [0, 0.1) is 5.41 Å². The quantitative estimate of drug-likeness (QED) is 0.399. The van der Waals surface area contributed by atoms with Crippen molar-refractivity contribution in [1.29, 1.82) is 0 Å². The van der Waals surface area contributed by atoms with Crippen LogP contribution in [0.5, 0.6) is 0 Å². The highest BCUT2D eigenvalue weighted by atomic mass is 17.1. The van der Waals surface area contributed by atoms with Crippen LogP contribution in [0.25, 0.3) is 0 Å². The van der Waals surface area contributed by atoms with Gasteiger partial charge in [0.2, 0.25) is 0 Å². The van der Waals surface area contributed by atoms with Gasteiger partial charge in [0.1, 0.15) is 6.10 Å². The Labute approximate surface area is 72.4 Å². The van der Waals surface area contributed by atoms with Crippen molar-refractivity contribution in [2.45, 2.75) is 40.2 Å². The number of carbonyl (C=O) groups is 1. The van der Waals surface area contributed by atoms with Gasteiger partial charge in [-0.05, 0) is 18.8 Å². The van der Waals surface area contributed by atoms with E-state index in [4.69, 9.17) is 5.26 Å². The van der Waals surface area contributed by atoms with Gasteiger partial charge < -0.3 is 4.74 Å². The van der Waals surface area contributed by atoms with Crippen molar-refractivity contribution in [3.05, 3.63) is 0 Å². The van der Waals surface area contributed by atoms with Crippen LogP contribution in [0.2, 0.25) is 0 Å². The molecule has 0 aliphatic heterocycles. The van der Waals surface area contributed by atoms with Gasteiger partial charge >= 0.3 is 6.16 Å².